The van der Waals surface area contributed by atoms with E-state index < -0.39 is 9.96 Å². The van der Waals surface area contributed by atoms with Crippen LogP contribution in [0.5, 0.6) is 0 Å². The molecular weight excluding hydrogens is 365 g/mol. The molecule has 8 heteroatoms. The lowest BCUT2D eigenvalue weighted by molar-refractivity contribution is -0.122. The lowest BCUT2D eigenvalue weighted by atomic mass is 10.1. The molecule has 0 bridgehead atoms. The van der Waals surface area contributed by atoms with E-state index in [0.29, 0.717) is 6.42 Å². The van der Waals surface area contributed by atoms with Crippen LogP contribution in [0.3, 0.4) is 0 Å². The second-order valence-corrected chi connectivity index (χ2v) is 7.88. The van der Waals surface area contributed by atoms with Crippen molar-refractivity contribution in [2.45, 2.75) is 30.2 Å². The molecule has 0 unspecified atom stereocenters. The second kappa shape index (κ2) is 8.77. The summed E-state index contributed by atoms with van der Waals surface area (Å²) in [6.45, 7) is 3.86. The summed E-state index contributed by atoms with van der Waals surface area (Å²) < 4.78 is -1.74. The summed E-state index contributed by atoms with van der Waals surface area (Å²) in [4.78, 5) is 11.9. The number of amides is 1. The Bertz CT molecular complexity index is 506. The van der Waals surface area contributed by atoms with Gasteiger partial charge in [-0.05, 0) is 30.3 Å². The van der Waals surface area contributed by atoms with Crippen LogP contribution in [0.4, 0.5) is 5.69 Å². The summed E-state index contributed by atoms with van der Waals surface area (Å²) >= 11 is 22.9. The maximum atomic E-state index is 11.9. The van der Waals surface area contributed by atoms with Crippen molar-refractivity contribution in [1.29, 1.82) is 0 Å². The van der Waals surface area contributed by atoms with Crippen molar-refractivity contribution in [2.75, 3.05) is 5.32 Å². The number of anilines is 1. The Kier molecular flexibility index (Phi) is 7.69. The van der Waals surface area contributed by atoms with Crippen LogP contribution in [0.2, 0.25) is 0 Å². The van der Waals surface area contributed by atoms with Gasteiger partial charge >= 0.3 is 0 Å². The molecule has 1 atom stereocenters. The van der Waals surface area contributed by atoms with Crippen molar-refractivity contribution in [3.05, 3.63) is 30.3 Å². The van der Waals surface area contributed by atoms with Crippen LogP contribution in [-0.2, 0) is 4.79 Å². The number of carbonyl (C=O) groups excluding carboxylic acids is 1. The van der Waals surface area contributed by atoms with E-state index in [0.717, 1.165) is 5.69 Å². The number of para-hydroxylation sites is 1. The van der Waals surface area contributed by atoms with E-state index in [1.807, 2.05) is 44.2 Å². The minimum absolute atomic E-state index is 0.199. The molecule has 0 radical (unpaired) electrons. The highest BCUT2D eigenvalue weighted by Crippen LogP contribution is 2.29. The highest BCUT2D eigenvalue weighted by molar-refractivity contribution is 7.80. The fourth-order valence-corrected chi connectivity index (χ4v) is 2.17. The smallest absolute Gasteiger partial charge is 0.228 e. The standard InChI is InChI=1S/C14H18Cl3N3OS/c1-9(2)8-11(21)19-12(14(15,16)17)20-13(22)18-10-6-4-3-5-7-10/h3-7,9,12H,8H2,1-2H3,(H,19,21)(H2,18,20,22)/t12-/m1/s1. The van der Waals surface area contributed by atoms with Gasteiger partial charge in [-0.2, -0.15) is 0 Å². The van der Waals surface area contributed by atoms with E-state index in [9.17, 15) is 4.79 Å². The second-order valence-electron chi connectivity index (χ2n) is 5.10. The molecule has 1 aromatic carbocycles. The Labute approximate surface area is 150 Å². The van der Waals surface area contributed by atoms with Crippen molar-refractivity contribution in [3.8, 4) is 0 Å². The Balaban J connectivity index is 2.65. The first-order valence-corrected chi connectivity index (χ1v) is 8.21. The van der Waals surface area contributed by atoms with E-state index in [4.69, 9.17) is 47.0 Å². The van der Waals surface area contributed by atoms with Gasteiger partial charge in [-0.3, -0.25) is 4.79 Å². The predicted octanol–water partition coefficient (Wildman–Crippen LogP) is 3.83. The van der Waals surface area contributed by atoms with Gasteiger partial charge in [-0.1, -0.05) is 66.8 Å². The number of nitrogens with one attached hydrogen (secondary N) is 3. The molecule has 0 aromatic heterocycles. The molecule has 122 valence electrons. The van der Waals surface area contributed by atoms with Crippen LogP contribution < -0.4 is 16.0 Å². The molecule has 1 rings (SSSR count). The number of carbonyl (C=O) groups is 1. The van der Waals surface area contributed by atoms with E-state index >= 15 is 0 Å². The maximum absolute atomic E-state index is 11.9. The largest absolute Gasteiger partial charge is 0.339 e. The molecular formula is C14H18Cl3N3OS. The average Bonchev–Trinajstić information content (AvgIpc) is 2.37. The Morgan fingerprint density at radius 1 is 1.18 bits per heavy atom. The third kappa shape index (κ3) is 7.49. The quantitative estimate of drug-likeness (QED) is 0.411. The van der Waals surface area contributed by atoms with Gasteiger partial charge in [-0.25, -0.2) is 0 Å². The molecule has 1 aromatic rings. The van der Waals surface area contributed by atoms with E-state index in [1.54, 1.807) is 0 Å². The first kappa shape index (κ1) is 19.3. The summed E-state index contributed by atoms with van der Waals surface area (Å²) in [7, 11) is 0. The maximum Gasteiger partial charge on any atom is 0.228 e. The molecule has 0 aliphatic heterocycles. The van der Waals surface area contributed by atoms with Crippen molar-refractivity contribution >= 4 is 63.7 Å². The van der Waals surface area contributed by atoms with Gasteiger partial charge in [0.15, 0.2) is 5.11 Å². The predicted molar refractivity (Wildman–Crippen MR) is 97.5 cm³/mol. The fourth-order valence-electron chi connectivity index (χ4n) is 1.61. The number of rotatable bonds is 5. The lowest BCUT2D eigenvalue weighted by Gasteiger charge is -2.28. The SMILES string of the molecule is CC(C)CC(=O)N[C@H](NC(=S)Nc1ccccc1)C(Cl)(Cl)Cl. The molecule has 0 saturated carbocycles. The number of thiocarbonyl (C=S) groups is 1. The normalized spacial score (nSPS) is 12.6. The molecule has 0 heterocycles. The fraction of sp³-hybridized carbons (Fsp3) is 0.429. The number of hydrogen-bond acceptors (Lipinski definition) is 2. The van der Waals surface area contributed by atoms with Crippen molar-refractivity contribution in [1.82, 2.24) is 10.6 Å². The van der Waals surface area contributed by atoms with Gasteiger partial charge in [0.2, 0.25) is 9.70 Å². The van der Waals surface area contributed by atoms with Crippen LogP contribution in [0.25, 0.3) is 0 Å². The molecule has 0 aliphatic rings. The number of alkyl halides is 3. The lowest BCUT2D eigenvalue weighted by Crippen LogP contribution is -2.56. The number of hydrogen-bond donors (Lipinski definition) is 3. The van der Waals surface area contributed by atoms with Gasteiger partial charge in [0.25, 0.3) is 0 Å². The third-order valence-corrected chi connectivity index (χ3v) is 3.41. The van der Waals surface area contributed by atoms with Crippen molar-refractivity contribution in [2.24, 2.45) is 5.92 Å². The highest BCUT2D eigenvalue weighted by Gasteiger charge is 2.34. The number of halogens is 3. The number of benzene rings is 1. The van der Waals surface area contributed by atoms with Crippen molar-refractivity contribution in [3.63, 3.8) is 0 Å². The van der Waals surface area contributed by atoms with Gasteiger partial charge < -0.3 is 16.0 Å². The van der Waals surface area contributed by atoms with Crippen molar-refractivity contribution < 1.29 is 4.79 Å². The molecule has 4 nitrogen and oxygen atoms in total. The summed E-state index contributed by atoms with van der Waals surface area (Å²) in [5.74, 6) is -0.0215. The summed E-state index contributed by atoms with van der Waals surface area (Å²) in [6.07, 6.45) is -0.606. The average molecular weight is 383 g/mol. The zero-order chi connectivity index (χ0) is 16.8. The van der Waals surface area contributed by atoms with Crippen LogP contribution in [0, 0.1) is 5.92 Å². The van der Waals surface area contributed by atoms with Gasteiger partial charge in [-0.15, -0.1) is 0 Å². The highest BCUT2D eigenvalue weighted by atomic mass is 35.6. The van der Waals surface area contributed by atoms with Gasteiger partial charge in [0.1, 0.15) is 6.17 Å². The summed E-state index contributed by atoms with van der Waals surface area (Å²) in [5.41, 5.74) is 0.788. The zero-order valence-electron chi connectivity index (χ0n) is 12.2. The molecule has 0 spiro atoms. The first-order valence-electron chi connectivity index (χ1n) is 6.67. The monoisotopic (exact) mass is 381 g/mol. The molecule has 0 fully saturated rings. The third-order valence-electron chi connectivity index (χ3n) is 2.53. The zero-order valence-corrected chi connectivity index (χ0v) is 15.3. The van der Waals surface area contributed by atoms with Gasteiger partial charge in [0, 0.05) is 12.1 Å². The minimum atomic E-state index is -1.74. The summed E-state index contributed by atoms with van der Waals surface area (Å²) in [6, 6.07) is 9.30. The Morgan fingerprint density at radius 3 is 2.27 bits per heavy atom. The van der Waals surface area contributed by atoms with Crippen LogP contribution in [0.15, 0.2) is 30.3 Å². The Hall–Kier alpha value is -0.750. The van der Waals surface area contributed by atoms with Crippen LogP contribution in [-0.4, -0.2) is 21.0 Å². The van der Waals surface area contributed by atoms with E-state index in [2.05, 4.69) is 16.0 Å². The van der Waals surface area contributed by atoms with E-state index in [-0.39, 0.29) is 16.9 Å². The summed E-state index contributed by atoms with van der Waals surface area (Å²) in [5, 5.41) is 8.63. The molecule has 0 aliphatic carbocycles. The van der Waals surface area contributed by atoms with Gasteiger partial charge in [0.05, 0.1) is 0 Å². The molecule has 1 amide bonds. The topological polar surface area (TPSA) is 53.2 Å². The molecule has 0 saturated heterocycles. The van der Waals surface area contributed by atoms with Crippen LogP contribution in [0.1, 0.15) is 20.3 Å². The first-order chi connectivity index (χ1) is 10.2. The Morgan fingerprint density at radius 2 is 1.77 bits per heavy atom. The molecule has 3 N–H and O–H groups in total. The molecule has 22 heavy (non-hydrogen) atoms. The van der Waals surface area contributed by atoms with Crippen LogP contribution >= 0.6 is 47.0 Å². The van der Waals surface area contributed by atoms with E-state index in [1.165, 1.54) is 0 Å². The minimum Gasteiger partial charge on any atom is -0.339 e.